The predicted molar refractivity (Wildman–Crippen MR) is 82.3 cm³/mol. The lowest BCUT2D eigenvalue weighted by Gasteiger charge is -2.14. The average molecular weight is 312 g/mol. The summed E-state index contributed by atoms with van der Waals surface area (Å²) in [6, 6.07) is 6.12. The summed E-state index contributed by atoms with van der Waals surface area (Å²) in [7, 11) is 0. The van der Waals surface area contributed by atoms with Crippen molar-refractivity contribution < 1.29 is 14.8 Å². The summed E-state index contributed by atoms with van der Waals surface area (Å²) >= 11 is 1.34. The molecular formula is C14H20N2O4S. The molecular weight excluding hydrogens is 292 g/mol. The van der Waals surface area contributed by atoms with Crippen LogP contribution in [0.4, 0.5) is 5.69 Å². The Labute approximate surface area is 128 Å². The van der Waals surface area contributed by atoms with Gasteiger partial charge in [0.1, 0.15) is 0 Å². The van der Waals surface area contributed by atoms with Gasteiger partial charge >= 0.3 is 0 Å². The Morgan fingerprint density at radius 1 is 1.43 bits per heavy atom. The van der Waals surface area contributed by atoms with Crippen LogP contribution in [0.15, 0.2) is 29.2 Å². The van der Waals surface area contributed by atoms with E-state index < -0.39 is 4.92 Å². The molecule has 0 aliphatic heterocycles. The van der Waals surface area contributed by atoms with E-state index in [-0.39, 0.29) is 24.0 Å². The zero-order valence-electron chi connectivity index (χ0n) is 11.9. The van der Waals surface area contributed by atoms with Gasteiger partial charge in [-0.25, -0.2) is 0 Å². The quantitative estimate of drug-likeness (QED) is 0.414. The summed E-state index contributed by atoms with van der Waals surface area (Å²) in [5.41, 5.74) is 0.0404. The van der Waals surface area contributed by atoms with Crippen LogP contribution in [0.2, 0.25) is 0 Å². The van der Waals surface area contributed by atoms with E-state index in [4.69, 9.17) is 5.11 Å². The van der Waals surface area contributed by atoms with E-state index in [1.165, 1.54) is 23.9 Å². The minimum atomic E-state index is -0.451. The van der Waals surface area contributed by atoms with Crippen molar-refractivity contribution in [2.24, 2.45) is 5.92 Å². The number of hydrogen-bond acceptors (Lipinski definition) is 5. The van der Waals surface area contributed by atoms with Gasteiger partial charge in [-0.2, -0.15) is 0 Å². The summed E-state index contributed by atoms with van der Waals surface area (Å²) < 4.78 is 0. The number of nitrogens with zero attached hydrogens (tertiary/aromatic N) is 1. The Morgan fingerprint density at radius 3 is 2.62 bits per heavy atom. The lowest BCUT2D eigenvalue weighted by Crippen LogP contribution is -2.30. The number of nitro benzene ring substituents is 1. The third-order valence-electron chi connectivity index (χ3n) is 3.12. The van der Waals surface area contributed by atoms with E-state index >= 15 is 0 Å². The molecule has 1 aromatic rings. The first-order chi connectivity index (χ1) is 10.1. The van der Waals surface area contributed by atoms with E-state index in [1.807, 2.05) is 6.92 Å². The fraction of sp³-hybridized carbons (Fsp3) is 0.500. The molecule has 1 rings (SSSR count). The second-order valence-electron chi connectivity index (χ2n) is 4.63. The van der Waals surface area contributed by atoms with Crippen molar-refractivity contribution in [2.45, 2.75) is 24.7 Å². The first-order valence-electron chi connectivity index (χ1n) is 6.81. The van der Waals surface area contributed by atoms with Crippen molar-refractivity contribution in [3.05, 3.63) is 34.4 Å². The van der Waals surface area contributed by atoms with Crippen LogP contribution in [-0.2, 0) is 4.79 Å². The molecule has 0 fully saturated rings. The molecule has 1 atom stereocenters. The maximum Gasteiger partial charge on any atom is 0.269 e. The number of non-ortho nitro benzene ring substituents is 1. The van der Waals surface area contributed by atoms with Gasteiger partial charge in [0.15, 0.2) is 0 Å². The van der Waals surface area contributed by atoms with Crippen LogP contribution in [0.1, 0.15) is 19.8 Å². The van der Waals surface area contributed by atoms with Gasteiger partial charge in [-0.3, -0.25) is 14.9 Å². The summed E-state index contributed by atoms with van der Waals surface area (Å²) in [6.45, 7) is 2.72. The number of carbonyl (C=O) groups excluding carboxylic acids is 1. The van der Waals surface area contributed by atoms with Gasteiger partial charge in [0.25, 0.3) is 5.69 Å². The van der Waals surface area contributed by atoms with E-state index in [9.17, 15) is 14.9 Å². The molecule has 2 N–H and O–H groups in total. The smallest absolute Gasteiger partial charge is 0.269 e. The highest BCUT2D eigenvalue weighted by atomic mass is 32.2. The Morgan fingerprint density at radius 2 is 2.10 bits per heavy atom. The molecule has 0 aliphatic carbocycles. The molecule has 0 aromatic heterocycles. The molecule has 116 valence electrons. The highest BCUT2D eigenvalue weighted by Crippen LogP contribution is 2.21. The van der Waals surface area contributed by atoms with Crippen LogP contribution in [0.25, 0.3) is 0 Å². The van der Waals surface area contributed by atoms with Gasteiger partial charge in [-0.15, -0.1) is 11.8 Å². The van der Waals surface area contributed by atoms with Gasteiger partial charge in [-0.1, -0.05) is 13.3 Å². The largest absolute Gasteiger partial charge is 0.396 e. The Balaban J connectivity index is 2.34. The van der Waals surface area contributed by atoms with Crippen molar-refractivity contribution >= 4 is 23.4 Å². The van der Waals surface area contributed by atoms with Crippen LogP contribution in [0.5, 0.6) is 0 Å². The highest BCUT2D eigenvalue weighted by Gasteiger charge is 2.09. The number of thioether (sulfide) groups is 1. The maximum atomic E-state index is 11.7. The van der Waals surface area contributed by atoms with Gasteiger partial charge in [0, 0.05) is 30.2 Å². The van der Waals surface area contributed by atoms with Crippen LogP contribution in [-0.4, -0.2) is 34.8 Å². The Hall–Kier alpha value is -1.60. The number of amides is 1. The topological polar surface area (TPSA) is 92.5 Å². The number of hydrogen-bond donors (Lipinski definition) is 2. The highest BCUT2D eigenvalue weighted by molar-refractivity contribution is 8.00. The lowest BCUT2D eigenvalue weighted by molar-refractivity contribution is -0.384. The zero-order chi connectivity index (χ0) is 15.7. The van der Waals surface area contributed by atoms with Crippen LogP contribution in [0, 0.1) is 16.0 Å². The molecule has 6 nitrogen and oxygen atoms in total. The standard InChI is InChI=1S/C14H20N2O4S/c1-2-11(7-8-17)9-15-14(18)10-21-13-5-3-12(4-6-13)16(19)20/h3-6,11,17H,2,7-10H2,1H3,(H,15,18). The van der Waals surface area contributed by atoms with Crippen molar-refractivity contribution in [2.75, 3.05) is 18.9 Å². The number of nitro groups is 1. The SMILES string of the molecule is CCC(CCO)CNC(=O)CSc1ccc([N+](=O)[O-])cc1. The van der Waals surface area contributed by atoms with Gasteiger partial charge in [-0.05, 0) is 24.5 Å². The lowest BCUT2D eigenvalue weighted by atomic mass is 10.0. The Kier molecular flexibility index (Phi) is 7.78. The average Bonchev–Trinajstić information content (AvgIpc) is 2.49. The Bertz CT molecular complexity index is 465. The van der Waals surface area contributed by atoms with Gasteiger partial charge < -0.3 is 10.4 Å². The molecule has 1 unspecified atom stereocenters. The number of aliphatic hydroxyl groups is 1. The molecule has 0 saturated carbocycles. The summed E-state index contributed by atoms with van der Waals surface area (Å²) in [4.78, 5) is 22.6. The molecule has 1 aromatic carbocycles. The van der Waals surface area contributed by atoms with Crippen LogP contribution < -0.4 is 5.32 Å². The molecule has 0 spiro atoms. The second-order valence-corrected chi connectivity index (χ2v) is 5.68. The number of carbonyl (C=O) groups is 1. The molecule has 0 aliphatic rings. The predicted octanol–water partition coefficient (Wildman–Crippen LogP) is 2.21. The van der Waals surface area contributed by atoms with E-state index in [2.05, 4.69) is 5.32 Å². The first-order valence-corrected chi connectivity index (χ1v) is 7.80. The van der Waals surface area contributed by atoms with Crippen molar-refractivity contribution in [1.29, 1.82) is 0 Å². The molecule has 0 heterocycles. The second kappa shape index (κ2) is 9.36. The van der Waals surface area contributed by atoms with Gasteiger partial charge in [0.2, 0.25) is 5.91 Å². The molecule has 0 saturated heterocycles. The fourth-order valence-corrected chi connectivity index (χ4v) is 2.48. The summed E-state index contributed by atoms with van der Waals surface area (Å²) in [6.07, 6.45) is 1.60. The number of aliphatic hydroxyl groups excluding tert-OH is 1. The summed E-state index contributed by atoms with van der Waals surface area (Å²) in [5.74, 6) is 0.492. The van der Waals surface area contributed by atoms with Crippen molar-refractivity contribution in [3.63, 3.8) is 0 Å². The van der Waals surface area contributed by atoms with Crippen LogP contribution >= 0.6 is 11.8 Å². The van der Waals surface area contributed by atoms with Gasteiger partial charge in [0.05, 0.1) is 10.7 Å². The normalized spacial score (nSPS) is 11.9. The molecule has 21 heavy (non-hydrogen) atoms. The van der Waals surface area contributed by atoms with Crippen molar-refractivity contribution in [1.82, 2.24) is 5.32 Å². The molecule has 0 bridgehead atoms. The molecule has 7 heteroatoms. The third-order valence-corrected chi connectivity index (χ3v) is 4.13. The van der Waals surface area contributed by atoms with Crippen LogP contribution in [0.3, 0.4) is 0 Å². The van der Waals surface area contributed by atoms with E-state index in [0.29, 0.717) is 18.9 Å². The summed E-state index contributed by atoms with van der Waals surface area (Å²) in [5, 5.41) is 22.2. The number of nitrogens with one attached hydrogen (secondary N) is 1. The fourth-order valence-electron chi connectivity index (χ4n) is 1.76. The third kappa shape index (κ3) is 6.59. The molecule has 1 amide bonds. The van der Waals surface area contributed by atoms with Crippen molar-refractivity contribution in [3.8, 4) is 0 Å². The first kappa shape index (κ1) is 17.5. The minimum Gasteiger partial charge on any atom is -0.396 e. The van der Waals surface area contributed by atoms with E-state index in [1.54, 1.807) is 12.1 Å². The minimum absolute atomic E-state index is 0.0404. The number of rotatable bonds is 9. The number of benzene rings is 1. The monoisotopic (exact) mass is 312 g/mol. The maximum absolute atomic E-state index is 11.7. The molecule has 0 radical (unpaired) electrons. The zero-order valence-corrected chi connectivity index (χ0v) is 12.8. The van der Waals surface area contributed by atoms with E-state index in [0.717, 1.165) is 11.3 Å².